The number of sulfonamides is 1. The Bertz CT molecular complexity index is 763. The van der Waals surface area contributed by atoms with Crippen molar-refractivity contribution in [1.82, 2.24) is 14.9 Å². The summed E-state index contributed by atoms with van der Waals surface area (Å²) in [6.07, 6.45) is 1.49. The molecule has 6 nitrogen and oxygen atoms in total. The van der Waals surface area contributed by atoms with Crippen LogP contribution in [0.1, 0.15) is 16.8 Å². The number of halogens is 1. The number of nitrogen functional groups attached to an aromatic ring is 1. The Balaban J connectivity index is 2.35. The third kappa shape index (κ3) is 3.17. The van der Waals surface area contributed by atoms with Crippen molar-refractivity contribution >= 4 is 15.7 Å². The molecule has 0 aliphatic carbocycles. The van der Waals surface area contributed by atoms with E-state index >= 15 is 0 Å². The van der Waals surface area contributed by atoms with E-state index in [2.05, 4.69) is 14.9 Å². The molecule has 0 atom stereocenters. The first-order valence-corrected chi connectivity index (χ1v) is 7.62. The molecule has 0 amide bonds. The Morgan fingerprint density at radius 2 is 2.10 bits per heavy atom. The normalized spacial score (nSPS) is 11.6. The van der Waals surface area contributed by atoms with Gasteiger partial charge in [-0.3, -0.25) is 0 Å². The van der Waals surface area contributed by atoms with Gasteiger partial charge in [0.2, 0.25) is 10.0 Å². The molecule has 0 spiro atoms. The summed E-state index contributed by atoms with van der Waals surface area (Å²) >= 11 is 0. The van der Waals surface area contributed by atoms with Gasteiger partial charge in [0, 0.05) is 6.20 Å². The number of nitrogens with two attached hydrogens (primary N) is 1. The van der Waals surface area contributed by atoms with E-state index in [1.54, 1.807) is 12.1 Å². The Morgan fingerprint density at radius 1 is 1.38 bits per heavy atom. The third-order valence-electron chi connectivity index (χ3n) is 3.04. The van der Waals surface area contributed by atoms with E-state index in [0.29, 0.717) is 11.3 Å². The highest BCUT2D eigenvalue weighted by Gasteiger charge is 2.22. The van der Waals surface area contributed by atoms with Crippen LogP contribution in [0.4, 0.5) is 10.1 Å². The number of aromatic nitrogens is 2. The van der Waals surface area contributed by atoms with Gasteiger partial charge in [0.1, 0.15) is 5.82 Å². The molecule has 0 saturated carbocycles. The predicted molar refractivity (Wildman–Crippen MR) is 76.3 cm³/mol. The molecule has 21 heavy (non-hydrogen) atoms. The smallest absolute Gasteiger partial charge is 0.241 e. The minimum absolute atomic E-state index is 0.00760. The minimum atomic E-state index is -3.82. The van der Waals surface area contributed by atoms with E-state index in [-0.39, 0.29) is 22.7 Å². The van der Waals surface area contributed by atoms with Gasteiger partial charge in [-0.15, -0.1) is 0 Å². The highest BCUT2D eigenvalue weighted by molar-refractivity contribution is 7.89. The van der Waals surface area contributed by atoms with Crippen LogP contribution in [0.2, 0.25) is 0 Å². The molecule has 2 rings (SSSR count). The summed E-state index contributed by atoms with van der Waals surface area (Å²) in [5.41, 5.74) is 6.37. The molecule has 0 bridgehead atoms. The summed E-state index contributed by atoms with van der Waals surface area (Å²) in [6, 6.07) is 4.41. The van der Waals surface area contributed by atoms with Crippen LogP contribution >= 0.6 is 0 Å². The quantitative estimate of drug-likeness (QED) is 0.829. The van der Waals surface area contributed by atoms with E-state index in [9.17, 15) is 12.8 Å². The third-order valence-corrected chi connectivity index (χ3v) is 4.73. The van der Waals surface area contributed by atoms with Crippen LogP contribution < -0.4 is 10.5 Å². The zero-order valence-electron chi connectivity index (χ0n) is 11.6. The molecule has 1 aromatic carbocycles. The maximum atomic E-state index is 13.5. The lowest BCUT2D eigenvalue weighted by atomic mass is 10.1. The lowest BCUT2D eigenvalue weighted by Crippen LogP contribution is -2.26. The van der Waals surface area contributed by atoms with Crippen molar-refractivity contribution < 1.29 is 12.8 Å². The first-order valence-electron chi connectivity index (χ1n) is 6.14. The van der Waals surface area contributed by atoms with Crippen LogP contribution in [-0.4, -0.2) is 18.6 Å². The summed E-state index contributed by atoms with van der Waals surface area (Å²) in [5, 5.41) is 7.45. The fourth-order valence-corrected chi connectivity index (χ4v) is 3.49. The van der Waals surface area contributed by atoms with Gasteiger partial charge in [0.25, 0.3) is 0 Å². The second kappa shape index (κ2) is 5.74. The number of nitrogens with one attached hydrogen (secondary N) is 1. The summed E-state index contributed by atoms with van der Waals surface area (Å²) in [7, 11) is -3.82. The summed E-state index contributed by atoms with van der Waals surface area (Å²) in [6.45, 7) is 2.99. The molecule has 1 aromatic heterocycles. The predicted octanol–water partition coefficient (Wildman–Crippen LogP) is 1.29. The van der Waals surface area contributed by atoms with Crippen molar-refractivity contribution in [1.29, 1.82) is 0 Å². The Kier molecular flexibility index (Phi) is 4.19. The fraction of sp³-hybridized carbons (Fsp3) is 0.231. The average Bonchev–Trinajstić information content (AvgIpc) is 2.44. The molecule has 2 aromatic rings. The fourth-order valence-electron chi connectivity index (χ4n) is 2.01. The van der Waals surface area contributed by atoms with Crippen LogP contribution in [0.25, 0.3) is 0 Å². The van der Waals surface area contributed by atoms with Crippen LogP contribution in [0, 0.1) is 19.7 Å². The minimum Gasteiger partial charge on any atom is -0.396 e. The van der Waals surface area contributed by atoms with Gasteiger partial charge >= 0.3 is 0 Å². The first kappa shape index (κ1) is 15.3. The number of hydrogen-bond donors (Lipinski definition) is 2. The molecule has 3 N–H and O–H groups in total. The van der Waals surface area contributed by atoms with Crippen LogP contribution in [0.3, 0.4) is 0 Å². The second-order valence-electron chi connectivity index (χ2n) is 4.58. The van der Waals surface area contributed by atoms with Gasteiger partial charge in [-0.2, -0.15) is 10.2 Å². The van der Waals surface area contributed by atoms with E-state index in [1.807, 2.05) is 0 Å². The van der Waals surface area contributed by atoms with Crippen LogP contribution in [-0.2, 0) is 16.6 Å². The molecule has 0 radical (unpaired) electrons. The average molecular weight is 310 g/mol. The van der Waals surface area contributed by atoms with Crippen molar-refractivity contribution in [2.24, 2.45) is 0 Å². The van der Waals surface area contributed by atoms with Crippen LogP contribution in [0.15, 0.2) is 29.3 Å². The standard InChI is InChI=1S/C13H15FN4O2S/c1-8-6-11(14)12(15)9(2)13(8)21(19,20)17-7-10-4-3-5-16-18-10/h3-6,17H,7,15H2,1-2H3. The van der Waals surface area contributed by atoms with Gasteiger partial charge in [0.15, 0.2) is 0 Å². The molecule has 0 aliphatic rings. The maximum absolute atomic E-state index is 13.5. The lowest BCUT2D eigenvalue weighted by molar-refractivity contribution is 0.577. The number of rotatable bonds is 4. The Morgan fingerprint density at radius 3 is 2.71 bits per heavy atom. The van der Waals surface area contributed by atoms with E-state index < -0.39 is 15.8 Å². The van der Waals surface area contributed by atoms with Gasteiger partial charge in [-0.1, -0.05) is 0 Å². The van der Waals surface area contributed by atoms with Gasteiger partial charge in [0.05, 0.1) is 22.8 Å². The summed E-state index contributed by atoms with van der Waals surface area (Å²) < 4.78 is 40.7. The van der Waals surface area contributed by atoms with Gasteiger partial charge in [-0.25, -0.2) is 17.5 Å². The van der Waals surface area contributed by atoms with Gasteiger partial charge < -0.3 is 5.73 Å². The molecule has 8 heteroatoms. The molecule has 0 unspecified atom stereocenters. The number of nitrogens with zero attached hydrogens (tertiary/aromatic N) is 2. The first-order chi connectivity index (χ1) is 9.83. The number of hydrogen-bond acceptors (Lipinski definition) is 5. The van der Waals surface area contributed by atoms with Crippen molar-refractivity contribution in [2.75, 3.05) is 5.73 Å². The van der Waals surface area contributed by atoms with E-state index in [0.717, 1.165) is 6.07 Å². The number of aryl methyl sites for hydroxylation is 1. The number of benzene rings is 1. The molecule has 1 heterocycles. The van der Waals surface area contributed by atoms with Crippen LogP contribution in [0.5, 0.6) is 0 Å². The summed E-state index contributed by atoms with van der Waals surface area (Å²) in [4.78, 5) is -0.00899. The zero-order valence-corrected chi connectivity index (χ0v) is 12.4. The molecule has 0 saturated heterocycles. The molecule has 112 valence electrons. The maximum Gasteiger partial charge on any atom is 0.241 e. The number of anilines is 1. The topological polar surface area (TPSA) is 98.0 Å². The highest BCUT2D eigenvalue weighted by atomic mass is 32.2. The SMILES string of the molecule is Cc1cc(F)c(N)c(C)c1S(=O)(=O)NCc1cccnn1. The van der Waals surface area contributed by atoms with Crippen molar-refractivity contribution in [2.45, 2.75) is 25.3 Å². The van der Waals surface area contributed by atoms with E-state index in [4.69, 9.17) is 5.73 Å². The monoisotopic (exact) mass is 310 g/mol. The summed E-state index contributed by atoms with van der Waals surface area (Å²) in [5.74, 6) is -0.627. The van der Waals surface area contributed by atoms with E-state index in [1.165, 1.54) is 20.0 Å². The second-order valence-corrected chi connectivity index (χ2v) is 6.29. The molecular formula is C13H15FN4O2S. The Hall–Kier alpha value is -2.06. The lowest BCUT2D eigenvalue weighted by Gasteiger charge is -2.14. The Labute approximate surface area is 122 Å². The largest absolute Gasteiger partial charge is 0.396 e. The van der Waals surface area contributed by atoms with Crippen molar-refractivity contribution in [3.05, 3.63) is 47.0 Å². The van der Waals surface area contributed by atoms with Crippen molar-refractivity contribution in [3.8, 4) is 0 Å². The molecular weight excluding hydrogens is 295 g/mol. The zero-order chi connectivity index (χ0) is 15.6. The molecule has 0 aliphatic heterocycles. The van der Waals surface area contributed by atoms with Gasteiger partial charge in [-0.05, 0) is 43.2 Å². The molecule has 0 fully saturated rings. The van der Waals surface area contributed by atoms with Crippen molar-refractivity contribution in [3.63, 3.8) is 0 Å². The highest BCUT2D eigenvalue weighted by Crippen LogP contribution is 2.27.